The fourth-order valence-corrected chi connectivity index (χ4v) is 3.23. The number of hydrogen-bond donors (Lipinski definition) is 0. The van der Waals surface area contributed by atoms with Crippen molar-refractivity contribution in [3.8, 4) is 0 Å². The summed E-state index contributed by atoms with van der Waals surface area (Å²) in [6.45, 7) is 12.8. The first-order valence-electron chi connectivity index (χ1n) is 7.76. The molecule has 0 spiro atoms. The van der Waals surface area contributed by atoms with Crippen molar-refractivity contribution in [2.45, 2.75) is 78.8 Å². The van der Waals surface area contributed by atoms with E-state index in [2.05, 4.69) is 33.9 Å². The van der Waals surface area contributed by atoms with Crippen molar-refractivity contribution >= 4 is 8.56 Å². The van der Waals surface area contributed by atoms with Crippen molar-refractivity contribution in [2.75, 3.05) is 13.2 Å². The number of hydrogen-bond acceptors (Lipinski definition) is 2. The summed E-state index contributed by atoms with van der Waals surface area (Å²) >= 11 is 0. The Kier molecular flexibility index (Phi) is 11.1. The lowest BCUT2D eigenvalue weighted by Gasteiger charge is -2.23. The minimum Gasteiger partial charge on any atom is -0.395 e. The molecule has 0 saturated heterocycles. The van der Waals surface area contributed by atoms with Gasteiger partial charge in [0.25, 0.3) is 0 Å². The summed E-state index contributed by atoms with van der Waals surface area (Å²) in [7, 11) is -1.84. The Labute approximate surface area is 116 Å². The van der Waals surface area contributed by atoms with Gasteiger partial charge in [0.1, 0.15) is 0 Å². The quantitative estimate of drug-likeness (QED) is 0.363. The molecule has 0 radical (unpaired) electrons. The van der Waals surface area contributed by atoms with Gasteiger partial charge in [0.05, 0.1) is 0 Å². The van der Waals surface area contributed by atoms with E-state index >= 15 is 0 Å². The summed E-state index contributed by atoms with van der Waals surface area (Å²) in [4.78, 5) is 0. The first-order valence-corrected chi connectivity index (χ1v) is 10.6. The van der Waals surface area contributed by atoms with Crippen LogP contribution in [0.15, 0.2) is 0 Å². The zero-order valence-corrected chi connectivity index (χ0v) is 14.3. The van der Waals surface area contributed by atoms with E-state index < -0.39 is 8.56 Å². The number of unbranched alkanes of at least 4 members (excludes halogenated alkanes) is 4. The van der Waals surface area contributed by atoms with Gasteiger partial charge in [-0.3, -0.25) is 0 Å². The predicted molar refractivity (Wildman–Crippen MR) is 82.2 cm³/mol. The normalized spacial score (nSPS) is 12.3. The van der Waals surface area contributed by atoms with E-state index in [0.29, 0.717) is 0 Å². The second-order valence-corrected chi connectivity index (χ2v) is 9.42. The van der Waals surface area contributed by atoms with Crippen LogP contribution in [-0.4, -0.2) is 21.8 Å². The molecule has 0 saturated carbocycles. The maximum absolute atomic E-state index is 5.93. The maximum atomic E-state index is 5.93. The Morgan fingerprint density at radius 2 is 1.39 bits per heavy atom. The third kappa shape index (κ3) is 12.6. The lowest BCUT2D eigenvalue weighted by Crippen LogP contribution is -2.35. The van der Waals surface area contributed by atoms with E-state index in [1.165, 1.54) is 38.5 Å². The molecule has 0 N–H and O–H groups in total. The number of rotatable bonds is 12. The molecule has 0 amide bonds. The Morgan fingerprint density at radius 3 is 1.94 bits per heavy atom. The van der Waals surface area contributed by atoms with Crippen molar-refractivity contribution in [3.05, 3.63) is 0 Å². The lowest BCUT2D eigenvalue weighted by atomic mass is 10.1. The van der Waals surface area contributed by atoms with Crippen LogP contribution in [-0.2, 0) is 8.85 Å². The standard InChI is InChI=1S/C15H34O2Si/c1-6-7-8-9-10-13-16-18(4,5)17-14-11-12-15(2)3/h15H,6-14H2,1-5H3. The minimum atomic E-state index is -1.84. The molecule has 0 rings (SSSR count). The molecule has 0 unspecified atom stereocenters. The Bertz CT molecular complexity index is 181. The molecule has 0 bridgehead atoms. The van der Waals surface area contributed by atoms with Gasteiger partial charge in [0, 0.05) is 13.2 Å². The van der Waals surface area contributed by atoms with Gasteiger partial charge < -0.3 is 8.85 Å². The van der Waals surface area contributed by atoms with Crippen molar-refractivity contribution in [2.24, 2.45) is 5.92 Å². The Balaban J connectivity index is 3.42. The largest absolute Gasteiger partial charge is 0.395 e. The molecule has 0 aromatic heterocycles. The van der Waals surface area contributed by atoms with Crippen molar-refractivity contribution in [1.29, 1.82) is 0 Å². The van der Waals surface area contributed by atoms with E-state index in [1.54, 1.807) is 0 Å². The van der Waals surface area contributed by atoms with E-state index in [0.717, 1.165) is 25.6 Å². The molecule has 0 heterocycles. The highest BCUT2D eigenvalue weighted by molar-refractivity contribution is 6.64. The highest BCUT2D eigenvalue weighted by atomic mass is 28.4. The van der Waals surface area contributed by atoms with E-state index in [-0.39, 0.29) is 0 Å². The topological polar surface area (TPSA) is 18.5 Å². The molecule has 0 aromatic rings. The zero-order chi connectivity index (χ0) is 13.9. The average molecular weight is 275 g/mol. The molecule has 18 heavy (non-hydrogen) atoms. The van der Waals surface area contributed by atoms with Gasteiger partial charge in [-0.2, -0.15) is 0 Å². The summed E-state index contributed by atoms with van der Waals surface area (Å²) in [5.41, 5.74) is 0. The van der Waals surface area contributed by atoms with Crippen LogP contribution < -0.4 is 0 Å². The Hall–Kier alpha value is 0.137. The fourth-order valence-electron chi connectivity index (χ4n) is 1.87. The van der Waals surface area contributed by atoms with Crippen molar-refractivity contribution in [1.82, 2.24) is 0 Å². The van der Waals surface area contributed by atoms with Gasteiger partial charge in [0.2, 0.25) is 0 Å². The summed E-state index contributed by atoms with van der Waals surface area (Å²) in [6, 6.07) is 0. The van der Waals surface area contributed by atoms with Crippen LogP contribution in [0.25, 0.3) is 0 Å². The van der Waals surface area contributed by atoms with Gasteiger partial charge in [-0.15, -0.1) is 0 Å². The van der Waals surface area contributed by atoms with Crippen molar-refractivity contribution in [3.63, 3.8) is 0 Å². The molecular formula is C15H34O2Si. The smallest absolute Gasteiger partial charge is 0.331 e. The summed E-state index contributed by atoms with van der Waals surface area (Å²) in [5, 5.41) is 0. The molecule has 0 aliphatic carbocycles. The molecule has 2 nitrogen and oxygen atoms in total. The van der Waals surface area contributed by atoms with Gasteiger partial charge in [-0.05, 0) is 38.3 Å². The first kappa shape index (κ1) is 18.1. The molecule has 110 valence electrons. The molecule has 0 atom stereocenters. The van der Waals surface area contributed by atoms with E-state index in [9.17, 15) is 0 Å². The van der Waals surface area contributed by atoms with E-state index in [1.807, 2.05) is 0 Å². The summed E-state index contributed by atoms with van der Waals surface area (Å²) < 4.78 is 11.9. The van der Waals surface area contributed by atoms with Crippen LogP contribution >= 0.6 is 0 Å². The average Bonchev–Trinajstić information content (AvgIpc) is 2.29. The van der Waals surface area contributed by atoms with Crippen molar-refractivity contribution < 1.29 is 8.85 Å². The van der Waals surface area contributed by atoms with Crippen LogP contribution in [0.2, 0.25) is 13.1 Å². The zero-order valence-electron chi connectivity index (χ0n) is 13.3. The molecule has 0 aliphatic heterocycles. The highest BCUT2D eigenvalue weighted by Gasteiger charge is 2.23. The summed E-state index contributed by atoms with van der Waals surface area (Å²) in [5.74, 6) is 0.776. The third-order valence-electron chi connectivity index (χ3n) is 3.07. The molecule has 0 aliphatic rings. The van der Waals surface area contributed by atoms with Gasteiger partial charge in [-0.1, -0.05) is 46.5 Å². The summed E-state index contributed by atoms with van der Waals surface area (Å²) in [6.07, 6.45) is 8.90. The van der Waals surface area contributed by atoms with Gasteiger partial charge in [-0.25, -0.2) is 0 Å². The van der Waals surface area contributed by atoms with Crippen LogP contribution in [0.4, 0.5) is 0 Å². The van der Waals surface area contributed by atoms with Crippen LogP contribution in [0.3, 0.4) is 0 Å². The molecular weight excluding hydrogens is 240 g/mol. The predicted octanol–water partition coefficient (Wildman–Crippen LogP) is 5.13. The van der Waals surface area contributed by atoms with Gasteiger partial charge >= 0.3 is 8.56 Å². The molecule has 0 aromatic carbocycles. The van der Waals surface area contributed by atoms with Crippen LogP contribution in [0, 0.1) is 5.92 Å². The SMILES string of the molecule is CCCCCCCO[Si](C)(C)OCCCC(C)C. The maximum Gasteiger partial charge on any atom is 0.331 e. The first-order chi connectivity index (χ1) is 8.48. The lowest BCUT2D eigenvalue weighted by molar-refractivity contribution is 0.171. The Morgan fingerprint density at radius 1 is 0.833 bits per heavy atom. The van der Waals surface area contributed by atoms with E-state index in [4.69, 9.17) is 8.85 Å². The minimum absolute atomic E-state index is 0.776. The highest BCUT2D eigenvalue weighted by Crippen LogP contribution is 2.11. The second kappa shape index (κ2) is 11.0. The third-order valence-corrected chi connectivity index (χ3v) is 4.87. The van der Waals surface area contributed by atoms with Crippen LogP contribution in [0.5, 0.6) is 0 Å². The second-order valence-electron chi connectivity index (χ2n) is 6.05. The van der Waals surface area contributed by atoms with Gasteiger partial charge in [0.15, 0.2) is 0 Å². The fraction of sp³-hybridized carbons (Fsp3) is 1.00. The van der Waals surface area contributed by atoms with Crippen LogP contribution in [0.1, 0.15) is 65.7 Å². The molecule has 3 heteroatoms. The molecule has 0 fully saturated rings. The monoisotopic (exact) mass is 274 g/mol.